The van der Waals surface area contributed by atoms with E-state index in [1.807, 2.05) is 0 Å². The number of rotatable bonds is 6. The number of hydrogen-bond donors (Lipinski definition) is 1. The van der Waals surface area contributed by atoms with Gasteiger partial charge in [-0.05, 0) is 29.3 Å². The van der Waals surface area contributed by atoms with Crippen molar-refractivity contribution in [2.45, 2.75) is 6.61 Å². The summed E-state index contributed by atoms with van der Waals surface area (Å²) in [6, 6.07) is 11.3. The van der Waals surface area contributed by atoms with Crippen molar-refractivity contribution < 1.29 is 24.6 Å². The molecule has 0 aliphatic rings. The van der Waals surface area contributed by atoms with E-state index in [0.29, 0.717) is 17.1 Å². The summed E-state index contributed by atoms with van der Waals surface area (Å²) in [7, 11) is 1.51. The van der Waals surface area contributed by atoms with Gasteiger partial charge in [-0.3, -0.25) is 0 Å². The number of hydrogen-bond acceptors (Lipinski definition) is 6. The molecule has 0 spiro atoms. The van der Waals surface area contributed by atoms with Crippen molar-refractivity contribution in [3.63, 3.8) is 0 Å². The number of benzene rings is 2. The first-order valence-corrected chi connectivity index (χ1v) is 6.42. The zero-order valence-corrected chi connectivity index (χ0v) is 11.9. The lowest BCUT2D eigenvalue weighted by Crippen LogP contribution is -2.22. The molecule has 6 heteroatoms. The molecule has 2 aromatic rings. The third-order valence-corrected chi connectivity index (χ3v) is 2.98. The first-order chi connectivity index (χ1) is 10.6. The summed E-state index contributed by atoms with van der Waals surface area (Å²) in [5.74, 6) is -0.180. The molecule has 0 bridgehead atoms. The molecule has 0 aliphatic carbocycles. The van der Waals surface area contributed by atoms with Crippen LogP contribution in [-0.4, -0.2) is 24.5 Å². The molecule has 114 valence electrons. The highest BCUT2D eigenvalue weighted by atomic mass is 16.5. The highest BCUT2D eigenvalue weighted by Gasteiger charge is 2.06. The predicted octanol–water partition coefficient (Wildman–Crippen LogP) is 1.45. The van der Waals surface area contributed by atoms with E-state index in [-0.39, 0.29) is 12.2 Å². The molecule has 2 rings (SSSR count). The Bertz CT molecular complexity index is 679. The molecule has 0 fully saturated rings. The fourth-order valence-electron chi connectivity index (χ4n) is 1.85. The molecule has 0 amide bonds. The normalized spacial score (nSPS) is 10.6. The molecule has 0 saturated carbocycles. The van der Waals surface area contributed by atoms with Gasteiger partial charge in [0, 0.05) is 5.56 Å². The van der Waals surface area contributed by atoms with Gasteiger partial charge < -0.3 is 24.6 Å². The minimum absolute atomic E-state index is 0.119. The Balaban J connectivity index is 2.09. The summed E-state index contributed by atoms with van der Waals surface area (Å²) >= 11 is 0. The zero-order chi connectivity index (χ0) is 15.9. The molecular formula is C16H14NO5-. The van der Waals surface area contributed by atoms with Crippen LogP contribution in [0.15, 0.2) is 47.6 Å². The van der Waals surface area contributed by atoms with Crippen LogP contribution in [0.3, 0.4) is 0 Å². The van der Waals surface area contributed by atoms with Gasteiger partial charge in [-0.1, -0.05) is 29.4 Å². The molecule has 0 aliphatic heterocycles. The largest absolute Gasteiger partial charge is 0.545 e. The minimum Gasteiger partial charge on any atom is -0.545 e. The summed E-state index contributed by atoms with van der Waals surface area (Å²) in [6.45, 7) is 0.261. The summed E-state index contributed by atoms with van der Waals surface area (Å²) in [6.07, 6.45) is 1.28. The third-order valence-electron chi connectivity index (χ3n) is 2.98. The van der Waals surface area contributed by atoms with Crippen LogP contribution >= 0.6 is 0 Å². The molecule has 6 nitrogen and oxygen atoms in total. The maximum absolute atomic E-state index is 10.7. The summed E-state index contributed by atoms with van der Waals surface area (Å²) < 4.78 is 10.9. The van der Waals surface area contributed by atoms with Crippen LogP contribution in [0.2, 0.25) is 0 Å². The van der Waals surface area contributed by atoms with E-state index < -0.39 is 5.97 Å². The van der Waals surface area contributed by atoms with E-state index >= 15 is 0 Å². The number of oxime groups is 1. The average Bonchev–Trinajstić information content (AvgIpc) is 2.54. The van der Waals surface area contributed by atoms with Crippen LogP contribution in [0, 0.1) is 0 Å². The van der Waals surface area contributed by atoms with Gasteiger partial charge in [-0.2, -0.15) is 0 Å². The van der Waals surface area contributed by atoms with Gasteiger partial charge >= 0.3 is 0 Å². The van der Waals surface area contributed by atoms with Gasteiger partial charge in [-0.15, -0.1) is 0 Å². The van der Waals surface area contributed by atoms with Gasteiger partial charge in [-0.25, -0.2) is 0 Å². The third kappa shape index (κ3) is 3.76. The number of nitrogens with zero attached hydrogens (tertiary/aromatic N) is 1. The SMILES string of the molecule is COc1cc(/C=N\O)ccc1OCc1ccc(C(=O)[O-])cc1. The molecule has 22 heavy (non-hydrogen) atoms. The summed E-state index contributed by atoms with van der Waals surface area (Å²) in [5.41, 5.74) is 1.60. The van der Waals surface area contributed by atoms with Crippen LogP contribution in [0.5, 0.6) is 11.5 Å². The highest BCUT2D eigenvalue weighted by Crippen LogP contribution is 2.28. The second-order valence-electron chi connectivity index (χ2n) is 4.43. The van der Waals surface area contributed by atoms with E-state index in [0.717, 1.165) is 5.56 Å². The van der Waals surface area contributed by atoms with Crippen LogP contribution in [0.25, 0.3) is 0 Å². The predicted molar refractivity (Wildman–Crippen MR) is 77.5 cm³/mol. The molecular weight excluding hydrogens is 286 g/mol. The zero-order valence-electron chi connectivity index (χ0n) is 11.9. The van der Waals surface area contributed by atoms with Crippen molar-refractivity contribution in [1.29, 1.82) is 0 Å². The molecule has 0 unspecified atom stereocenters. The lowest BCUT2D eigenvalue weighted by molar-refractivity contribution is -0.255. The van der Waals surface area contributed by atoms with E-state index in [1.165, 1.54) is 25.5 Å². The second kappa shape index (κ2) is 7.12. The van der Waals surface area contributed by atoms with Gasteiger partial charge in [0.2, 0.25) is 0 Å². The van der Waals surface area contributed by atoms with Crippen molar-refractivity contribution >= 4 is 12.2 Å². The van der Waals surface area contributed by atoms with Crippen molar-refractivity contribution in [2.75, 3.05) is 7.11 Å². The van der Waals surface area contributed by atoms with Crippen molar-refractivity contribution in [2.24, 2.45) is 5.16 Å². The Labute approximate surface area is 127 Å². The fraction of sp³-hybridized carbons (Fsp3) is 0.125. The number of carbonyl (C=O) groups is 1. The molecule has 2 aromatic carbocycles. The smallest absolute Gasteiger partial charge is 0.161 e. The number of carbonyl (C=O) groups excluding carboxylic acids is 1. The average molecular weight is 300 g/mol. The monoisotopic (exact) mass is 300 g/mol. The lowest BCUT2D eigenvalue weighted by Gasteiger charge is -2.11. The first-order valence-electron chi connectivity index (χ1n) is 6.42. The number of carboxylic acids is 1. The van der Waals surface area contributed by atoms with Crippen molar-refractivity contribution in [3.8, 4) is 11.5 Å². The van der Waals surface area contributed by atoms with Crippen molar-refractivity contribution in [1.82, 2.24) is 0 Å². The Hall–Kier alpha value is -3.02. The maximum Gasteiger partial charge on any atom is 0.161 e. The standard InChI is InChI=1S/C16H15NO5/c1-21-15-8-12(9-17-20)4-7-14(15)22-10-11-2-5-13(6-3-11)16(18)19/h2-9,20H,10H2,1H3,(H,18,19)/p-1/b17-9-. The van der Waals surface area contributed by atoms with E-state index in [4.69, 9.17) is 14.7 Å². The van der Waals surface area contributed by atoms with Crippen LogP contribution in [0.1, 0.15) is 21.5 Å². The summed E-state index contributed by atoms with van der Waals surface area (Å²) in [4.78, 5) is 10.7. The number of methoxy groups -OCH3 is 1. The number of aromatic carboxylic acids is 1. The maximum atomic E-state index is 10.7. The van der Waals surface area contributed by atoms with Gasteiger partial charge in [0.05, 0.1) is 19.3 Å². The topological polar surface area (TPSA) is 91.2 Å². The van der Waals surface area contributed by atoms with Crippen LogP contribution < -0.4 is 14.6 Å². The fourth-order valence-corrected chi connectivity index (χ4v) is 1.85. The molecule has 0 atom stereocenters. The molecule has 0 heterocycles. The molecule has 0 aromatic heterocycles. The summed E-state index contributed by atoms with van der Waals surface area (Å²) in [5, 5.41) is 22.1. The highest BCUT2D eigenvalue weighted by molar-refractivity contribution is 5.85. The van der Waals surface area contributed by atoms with Gasteiger partial charge in [0.15, 0.2) is 11.5 Å². The van der Waals surface area contributed by atoms with E-state index in [1.54, 1.807) is 30.3 Å². The van der Waals surface area contributed by atoms with E-state index in [2.05, 4.69) is 5.16 Å². The number of carboxylic acid groups (broad SMARTS) is 1. The lowest BCUT2D eigenvalue weighted by atomic mass is 10.1. The van der Waals surface area contributed by atoms with Crippen LogP contribution in [-0.2, 0) is 6.61 Å². The van der Waals surface area contributed by atoms with Crippen molar-refractivity contribution in [3.05, 3.63) is 59.2 Å². The number of ether oxygens (including phenoxy) is 2. The Morgan fingerprint density at radius 1 is 1.23 bits per heavy atom. The quantitative estimate of drug-likeness (QED) is 0.495. The first kappa shape index (κ1) is 15.4. The molecule has 0 radical (unpaired) electrons. The Morgan fingerprint density at radius 2 is 1.95 bits per heavy atom. The van der Waals surface area contributed by atoms with Gasteiger partial charge in [0.25, 0.3) is 0 Å². The second-order valence-corrected chi connectivity index (χ2v) is 4.43. The molecule has 1 N–H and O–H groups in total. The van der Waals surface area contributed by atoms with Crippen LogP contribution in [0.4, 0.5) is 0 Å². The minimum atomic E-state index is -1.21. The Kier molecular flexibility index (Phi) is 4.98. The molecule has 0 saturated heterocycles. The Morgan fingerprint density at radius 3 is 2.55 bits per heavy atom. The van der Waals surface area contributed by atoms with Gasteiger partial charge in [0.1, 0.15) is 6.61 Å². The van der Waals surface area contributed by atoms with E-state index in [9.17, 15) is 9.90 Å².